The summed E-state index contributed by atoms with van der Waals surface area (Å²) < 4.78 is 6.05. The number of rotatable bonds is 13. The van der Waals surface area contributed by atoms with Crippen LogP contribution >= 0.6 is 11.6 Å². The Balaban J connectivity index is 0.00000248. The molecule has 0 amide bonds. The lowest BCUT2D eigenvalue weighted by Crippen LogP contribution is -2.52. The number of ether oxygens (including phenoxy) is 1. The minimum absolute atomic E-state index is 0.0639. The molecule has 4 aliphatic rings. The quantitative estimate of drug-likeness (QED) is 0.224. The molecule has 3 aliphatic carbocycles. The molecule has 244 valence electrons. The summed E-state index contributed by atoms with van der Waals surface area (Å²) in [5.74, 6) is 3.68. The fraction of sp³-hybridized carbons (Fsp3) is 0.806. The van der Waals surface area contributed by atoms with Crippen LogP contribution in [0, 0.1) is 46.3 Å². The molecular weight excluding hydrogens is 558 g/mol. The van der Waals surface area contributed by atoms with Crippen LogP contribution in [-0.2, 0) is 9.53 Å². The van der Waals surface area contributed by atoms with E-state index in [2.05, 4.69) is 58.0 Å². The number of hydrogen-bond donors (Lipinski definition) is 1. The standard InChI is InChI=1S/C35H56ClN3O2.CH4O/c1-8-12-27-28-15-16-30(32(40)22-39-21-26-13-10-11-14-31(36)33(26)37-38-39)34(28,6)19-18-29(27)35(23-41-7,24(3)4)20-17-25(5)9-2;1-2/h10-11,14,24-25,27-30H,8-9,12-13,15-23H2,1-7H3;2H,1H3. The van der Waals surface area contributed by atoms with Crippen LogP contribution in [0.3, 0.4) is 0 Å². The largest absolute Gasteiger partial charge is 0.400 e. The molecule has 7 heteroatoms. The van der Waals surface area contributed by atoms with E-state index < -0.39 is 0 Å². The second-order valence-electron chi connectivity index (χ2n) is 14.3. The Morgan fingerprint density at radius 2 is 1.98 bits per heavy atom. The summed E-state index contributed by atoms with van der Waals surface area (Å²) in [6.45, 7) is 16.2. The molecule has 1 heterocycles. The Hall–Kier alpha value is -1.50. The number of nitrogens with zero attached hydrogens (tertiary/aromatic N) is 3. The normalized spacial score (nSPS) is 30.6. The topological polar surface area (TPSA) is 74.5 Å². The van der Waals surface area contributed by atoms with Gasteiger partial charge in [0.15, 0.2) is 5.78 Å². The van der Waals surface area contributed by atoms with Crippen LogP contribution in [0.2, 0.25) is 0 Å². The maximum atomic E-state index is 14.0. The van der Waals surface area contributed by atoms with Crippen molar-refractivity contribution in [1.29, 1.82) is 0 Å². The van der Waals surface area contributed by atoms with Gasteiger partial charge < -0.3 is 9.84 Å². The highest BCUT2D eigenvalue weighted by Crippen LogP contribution is 2.64. The van der Waals surface area contributed by atoms with Gasteiger partial charge in [-0.25, -0.2) is 0 Å². The highest BCUT2D eigenvalue weighted by molar-refractivity contribution is 6.32. The number of ketones is 1. The fourth-order valence-corrected chi connectivity index (χ4v) is 9.45. The smallest absolute Gasteiger partial charge is 0.157 e. The average Bonchev–Trinajstić information content (AvgIpc) is 3.25. The van der Waals surface area contributed by atoms with Crippen molar-refractivity contribution in [3.63, 3.8) is 0 Å². The minimum atomic E-state index is 0.0639. The van der Waals surface area contributed by atoms with E-state index in [1.54, 1.807) is 0 Å². The Bertz CT molecular complexity index is 1050. The highest BCUT2D eigenvalue weighted by atomic mass is 35.5. The van der Waals surface area contributed by atoms with Gasteiger partial charge in [0, 0.05) is 20.1 Å². The van der Waals surface area contributed by atoms with E-state index in [1.807, 2.05) is 24.3 Å². The van der Waals surface area contributed by atoms with Gasteiger partial charge >= 0.3 is 0 Å². The molecule has 2 fully saturated rings. The molecular formula is C36H60ClN3O3. The Morgan fingerprint density at radius 1 is 1.23 bits per heavy atom. The van der Waals surface area contributed by atoms with Crippen molar-refractivity contribution < 1.29 is 14.6 Å². The number of aliphatic hydroxyl groups is 1. The third-order valence-corrected chi connectivity index (χ3v) is 12.1. The summed E-state index contributed by atoms with van der Waals surface area (Å²) >= 11 is 6.42. The molecule has 1 N–H and O–H groups in total. The maximum Gasteiger partial charge on any atom is 0.157 e. The van der Waals surface area contributed by atoms with Crippen molar-refractivity contribution in [1.82, 2.24) is 5.01 Å². The molecule has 7 unspecified atom stereocenters. The van der Waals surface area contributed by atoms with Crippen molar-refractivity contribution in [3.05, 3.63) is 34.5 Å². The number of hydrogen-bond acceptors (Lipinski definition) is 6. The Morgan fingerprint density at radius 3 is 2.63 bits per heavy atom. The van der Waals surface area contributed by atoms with Gasteiger partial charge in [0.05, 0.1) is 24.7 Å². The van der Waals surface area contributed by atoms with Crippen molar-refractivity contribution in [2.45, 2.75) is 106 Å². The third-order valence-electron chi connectivity index (χ3n) is 11.8. The number of halogens is 1. The number of allylic oxidation sites excluding steroid dienone is 4. The van der Waals surface area contributed by atoms with Gasteiger partial charge in [0.1, 0.15) is 5.70 Å². The lowest BCUT2D eigenvalue weighted by atomic mass is 9.49. The van der Waals surface area contributed by atoms with E-state index >= 15 is 0 Å². The molecule has 0 bridgehead atoms. The van der Waals surface area contributed by atoms with E-state index in [0.717, 1.165) is 50.2 Å². The molecule has 7 atom stereocenters. The van der Waals surface area contributed by atoms with Crippen molar-refractivity contribution in [2.75, 3.05) is 33.9 Å². The van der Waals surface area contributed by atoms with Crippen LogP contribution in [-0.4, -0.2) is 49.8 Å². The molecule has 0 spiro atoms. The molecule has 0 aromatic rings. The van der Waals surface area contributed by atoms with Crippen molar-refractivity contribution in [3.8, 4) is 0 Å². The minimum Gasteiger partial charge on any atom is -0.400 e. The van der Waals surface area contributed by atoms with Crippen LogP contribution in [0.1, 0.15) is 106 Å². The van der Waals surface area contributed by atoms with E-state index in [0.29, 0.717) is 47.6 Å². The molecule has 1 aliphatic heterocycles. The van der Waals surface area contributed by atoms with E-state index in [-0.39, 0.29) is 16.7 Å². The molecule has 0 radical (unpaired) electrons. The van der Waals surface area contributed by atoms with E-state index in [4.69, 9.17) is 21.4 Å². The summed E-state index contributed by atoms with van der Waals surface area (Å²) in [7, 11) is 2.90. The lowest BCUT2D eigenvalue weighted by Gasteiger charge is -2.56. The zero-order valence-electron chi connectivity index (χ0n) is 28.4. The van der Waals surface area contributed by atoms with Crippen molar-refractivity contribution >= 4 is 17.4 Å². The number of carbonyl (C=O) groups excluding carboxylic acids is 1. The van der Waals surface area contributed by atoms with Gasteiger partial charge in [0.25, 0.3) is 0 Å². The molecule has 6 nitrogen and oxygen atoms in total. The summed E-state index contributed by atoms with van der Waals surface area (Å²) in [6, 6.07) is 0. The second kappa shape index (κ2) is 16.2. The first-order valence-corrected chi connectivity index (χ1v) is 17.4. The van der Waals surface area contributed by atoms with Gasteiger partial charge in [0.2, 0.25) is 0 Å². The number of methoxy groups -OCH3 is 1. The van der Waals surface area contributed by atoms with Crippen LogP contribution in [0.25, 0.3) is 0 Å². The fourth-order valence-electron chi connectivity index (χ4n) is 9.20. The number of aliphatic hydroxyl groups excluding tert-OH is 1. The molecule has 4 rings (SSSR count). The number of Topliss-reactive ketones (excluding diaryl/α,β-unsaturated/α-hetero) is 1. The third kappa shape index (κ3) is 7.66. The van der Waals surface area contributed by atoms with Gasteiger partial charge in [-0.15, -0.1) is 5.11 Å². The van der Waals surface area contributed by atoms with Crippen molar-refractivity contribution in [2.24, 2.45) is 56.7 Å². The predicted octanol–water partition coefficient (Wildman–Crippen LogP) is 9.16. The van der Waals surface area contributed by atoms with Crippen LogP contribution < -0.4 is 0 Å². The lowest BCUT2D eigenvalue weighted by molar-refractivity contribution is -0.134. The van der Waals surface area contributed by atoms with Gasteiger partial charge in [-0.3, -0.25) is 9.80 Å². The monoisotopic (exact) mass is 617 g/mol. The van der Waals surface area contributed by atoms with E-state index in [9.17, 15) is 4.79 Å². The summed E-state index contributed by atoms with van der Waals surface area (Å²) in [5.41, 5.74) is 2.17. The molecule has 0 saturated heterocycles. The molecule has 2 saturated carbocycles. The van der Waals surface area contributed by atoms with E-state index in [1.165, 1.54) is 44.9 Å². The Kier molecular flexibility index (Phi) is 13.5. The first-order chi connectivity index (χ1) is 20.6. The second-order valence-corrected chi connectivity index (χ2v) is 14.7. The summed E-state index contributed by atoms with van der Waals surface area (Å²) in [6.07, 6.45) is 17.5. The number of carbonyl (C=O) groups is 1. The molecule has 0 aromatic carbocycles. The molecule has 43 heavy (non-hydrogen) atoms. The number of fused-ring (bicyclic) bond motifs is 1. The molecule has 0 aromatic heterocycles. The summed E-state index contributed by atoms with van der Waals surface area (Å²) in [4.78, 5) is 14.0. The SMILES string of the molecule is CCCC1C2CCC(C(=O)CN3CC4=C(N=N3)C(Cl)=CC=CC4)C2(C)CCC1C(CCC(C)CC)(COC)C(C)C.CO. The Labute approximate surface area is 267 Å². The first-order valence-electron chi connectivity index (χ1n) is 17.0. The van der Waals surface area contributed by atoms with Crippen LogP contribution in [0.4, 0.5) is 0 Å². The van der Waals surface area contributed by atoms with Crippen LogP contribution in [0.5, 0.6) is 0 Å². The predicted molar refractivity (Wildman–Crippen MR) is 178 cm³/mol. The van der Waals surface area contributed by atoms with Gasteiger partial charge in [-0.1, -0.05) is 96.2 Å². The zero-order valence-corrected chi connectivity index (χ0v) is 29.1. The first kappa shape index (κ1) is 36.0. The van der Waals surface area contributed by atoms with Crippen LogP contribution in [0.15, 0.2) is 44.9 Å². The zero-order chi connectivity index (χ0) is 31.8. The highest BCUT2D eigenvalue weighted by Gasteiger charge is 2.59. The maximum absolute atomic E-state index is 14.0. The van der Waals surface area contributed by atoms with Gasteiger partial charge in [-0.2, -0.15) is 0 Å². The average molecular weight is 618 g/mol. The summed E-state index contributed by atoms with van der Waals surface area (Å²) in [5, 5.41) is 18.3. The van der Waals surface area contributed by atoms with Gasteiger partial charge in [-0.05, 0) is 90.6 Å².